The van der Waals surface area contributed by atoms with Crippen LogP contribution in [0.3, 0.4) is 0 Å². The first-order valence-electron chi connectivity index (χ1n) is 20.3. The number of benzene rings is 3. The molecule has 1 aliphatic carbocycles. The van der Waals surface area contributed by atoms with E-state index in [1.807, 2.05) is 12.1 Å². The molecule has 14 nitrogen and oxygen atoms in total. The lowest BCUT2D eigenvalue weighted by Gasteiger charge is -2.46. The molecule has 11 rings (SSSR count). The number of rotatable bonds is 9. The summed E-state index contributed by atoms with van der Waals surface area (Å²) in [5.74, 6) is 0.467. The Morgan fingerprint density at radius 3 is 2.28 bits per heavy atom. The Labute approximate surface area is 334 Å². The number of anilines is 4. The number of likely N-dealkylation sites (tertiary alicyclic amines) is 1. The number of carbonyl (C=O) groups is 4. The molecule has 0 spiro atoms. The summed E-state index contributed by atoms with van der Waals surface area (Å²) >= 11 is 0. The van der Waals surface area contributed by atoms with Crippen LogP contribution in [-0.2, 0) is 9.59 Å². The van der Waals surface area contributed by atoms with Gasteiger partial charge >= 0.3 is 0 Å². The van der Waals surface area contributed by atoms with Crippen molar-refractivity contribution in [2.45, 2.75) is 43.8 Å². The highest BCUT2D eigenvalue weighted by Crippen LogP contribution is 2.42. The number of ether oxygens (including phenoxy) is 1. The van der Waals surface area contributed by atoms with E-state index < -0.39 is 23.8 Å². The maximum Gasteiger partial charge on any atom is 0.262 e. The molecule has 5 fully saturated rings. The van der Waals surface area contributed by atoms with Gasteiger partial charge in [0.1, 0.15) is 11.8 Å². The Morgan fingerprint density at radius 2 is 1.50 bits per heavy atom. The summed E-state index contributed by atoms with van der Waals surface area (Å²) in [5.41, 5.74) is 6.71. The maximum absolute atomic E-state index is 13.4. The van der Waals surface area contributed by atoms with Gasteiger partial charge in [0.25, 0.3) is 11.8 Å². The van der Waals surface area contributed by atoms with Crippen LogP contribution < -0.4 is 25.2 Å². The zero-order valence-electron chi connectivity index (χ0n) is 32.1. The molecule has 3 unspecified atom stereocenters. The Morgan fingerprint density at radius 1 is 0.759 bits per heavy atom. The van der Waals surface area contributed by atoms with E-state index in [4.69, 9.17) is 9.72 Å². The van der Waals surface area contributed by atoms with Crippen LogP contribution in [0.2, 0.25) is 0 Å². The first-order valence-corrected chi connectivity index (χ1v) is 20.3. The highest BCUT2D eigenvalue weighted by Gasteiger charge is 2.47. The number of amides is 4. The first kappa shape index (κ1) is 34.9. The number of nitrogens with zero attached hydrogens (tertiary/aromatic N) is 7. The normalized spacial score (nSPS) is 23.4. The summed E-state index contributed by atoms with van der Waals surface area (Å²) in [4.78, 5) is 68.4. The van der Waals surface area contributed by atoms with Gasteiger partial charge in [-0.25, -0.2) is 9.97 Å². The van der Waals surface area contributed by atoms with E-state index in [9.17, 15) is 19.2 Å². The van der Waals surface area contributed by atoms with Gasteiger partial charge in [0, 0.05) is 104 Å². The summed E-state index contributed by atoms with van der Waals surface area (Å²) in [7, 11) is 1.70. The van der Waals surface area contributed by atoms with Crippen molar-refractivity contribution in [3.05, 3.63) is 90.3 Å². The summed E-state index contributed by atoms with van der Waals surface area (Å²) in [6.45, 7) is 5.75. The number of hydrogen-bond acceptors (Lipinski definition) is 11. The zero-order chi connectivity index (χ0) is 39.2. The van der Waals surface area contributed by atoms with E-state index in [0.717, 1.165) is 78.2 Å². The predicted octanol–water partition coefficient (Wildman–Crippen LogP) is 4.84. The van der Waals surface area contributed by atoms with Crippen LogP contribution in [0.5, 0.6) is 5.75 Å². The smallest absolute Gasteiger partial charge is 0.262 e. The molecule has 5 aromatic rings. The molecule has 3 aromatic carbocycles. The first-order chi connectivity index (χ1) is 28.3. The van der Waals surface area contributed by atoms with E-state index >= 15 is 0 Å². The number of carbonyl (C=O) groups excluding carboxylic acids is 4. The van der Waals surface area contributed by atoms with Crippen molar-refractivity contribution in [3.63, 3.8) is 0 Å². The largest absolute Gasteiger partial charge is 0.494 e. The average Bonchev–Trinajstić information content (AvgIpc) is 3.58. The van der Waals surface area contributed by atoms with Gasteiger partial charge in [-0.3, -0.25) is 34.3 Å². The molecule has 58 heavy (non-hydrogen) atoms. The Kier molecular flexibility index (Phi) is 8.07. The van der Waals surface area contributed by atoms with Crippen LogP contribution in [0.1, 0.15) is 52.4 Å². The minimum absolute atomic E-state index is 0.0987. The third-order valence-electron chi connectivity index (χ3n) is 13.1. The second-order valence-corrected chi connectivity index (χ2v) is 16.6. The Bertz CT molecular complexity index is 2530. The van der Waals surface area contributed by atoms with Gasteiger partial charge in [-0.2, -0.15) is 0 Å². The minimum Gasteiger partial charge on any atom is -0.494 e. The summed E-state index contributed by atoms with van der Waals surface area (Å²) in [5, 5.41) is 6.87. The lowest BCUT2D eigenvalue weighted by molar-refractivity contribution is -0.136. The van der Waals surface area contributed by atoms with Crippen molar-refractivity contribution >= 4 is 57.5 Å². The summed E-state index contributed by atoms with van der Waals surface area (Å²) < 4.78 is 8.28. The van der Waals surface area contributed by atoms with Gasteiger partial charge < -0.3 is 24.4 Å². The zero-order valence-corrected chi connectivity index (χ0v) is 32.1. The third kappa shape index (κ3) is 5.79. The molecule has 0 radical (unpaired) electrons. The number of fused-ring (bicyclic) bond motifs is 3. The second kappa shape index (κ2) is 13.4. The molecule has 0 bridgehead atoms. The molecule has 5 aliphatic heterocycles. The van der Waals surface area contributed by atoms with E-state index in [0.29, 0.717) is 41.0 Å². The number of para-hydroxylation sites is 1. The summed E-state index contributed by atoms with van der Waals surface area (Å²) in [6.07, 6.45) is 6.72. The lowest BCUT2D eigenvalue weighted by atomic mass is 10.0. The van der Waals surface area contributed by atoms with Gasteiger partial charge in [-0.05, 0) is 73.6 Å². The molecule has 3 atom stereocenters. The van der Waals surface area contributed by atoms with Gasteiger partial charge in [0.05, 0.1) is 29.6 Å². The van der Waals surface area contributed by atoms with Gasteiger partial charge in [0.15, 0.2) is 0 Å². The molecule has 14 heteroatoms. The maximum atomic E-state index is 13.4. The van der Waals surface area contributed by atoms with Gasteiger partial charge in [-0.1, -0.05) is 18.2 Å². The Hall–Kier alpha value is -6.28. The van der Waals surface area contributed by atoms with Crippen molar-refractivity contribution in [1.82, 2.24) is 29.7 Å². The third-order valence-corrected chi connectivity index (χ3v) is 13.1. The molecular weight excluding hydrogens is 735 g/mol. The molecule has 7 heterocycles. The standard InChI is InChI=1S/C44H43N9O5/c1-58-39-17-29(9-11-36(39)47-44-45-15-14-35(46-44)34-24-52(27-6-7-27)37-5-3-2-4-31(34)37)49-18-25-20-50(21-26(25)19-49)30-22-51(23-30)28-8-10-32-33(16-28)43(57)53(42(32)56)38-12-13-40(54)48-41(38)55/h2-5,8-11,14-17,24-27,30,38H,6-7,12-13,18-23H2,1H3,(H,45,46,47)(H,48,54,55). The number of methoxy groups -OCH3 is 1. The van der Waals surface area contributed by atoms with Crippen molar-refractivity contribution < 1.29 is 23.9 Å². The number of nitrogens with one attached hydrogen (secondary N) is 2. The summed E-state index contributed by atoms with van der Waals surface area (Å²) in [6, 6.07) is 22.2. The fourth-order valence-electron chi connectivity index (χ4n) is 9.82. The van der Waals surface area contributed by atoms with Crippen LogP contribution in [0, 0.1) is 11.8 Å². The van der Waals surface area contributed by atoms with Crippen LogP contribution in [-0.4, -0.2) is 106 Å². The molecule has 294 valence electrons. The SMILES string of the molecule is COc1cc(N2CC3CN(C4CN(c5ccc6c(c5)C(=O)N(C5CCC(=O)NC5=O)C6=O)C4)CC3C2)ccc1Nc1nccc(-c2cn(C3CC3)c3ccccc23)n1. The number of aromatic nitrogens is 3. The topological polar surface area (TPSA) is 145 Å². The highest BCUT2D eigenvalue weighted by molar-refractivity contribution is 6.23. The van der Waals surface area contributed by atoms with E-state index in [1.54, 1.807) is 25.4 Å². The fraction of sp³-hybridized carbons (Fsp3) is 0.364. The number of imide groups is 2. The molecule has 6 aliphatic rings. The molecule has 2 aromatic heterocycles. The quantitative estimate of drug-likeness (QED) is 0.198. The molecular formula is C44H43N9O5. The number of piperidine rings is 1. The van der Waals surface area contributed by atoms with Crippen molar-refractivity contribution in [1.29, 1.82) is 0 Å². The van der Waals surface area contributed by atoms with Gasteiger partial charge in [-0.15, -0.1) is 0 Å². The van der Waals surface area contributed by atoms with Crippen molar-refractivity contribution in [3.8, 4) is 17.0 Å². The second-order valence-electron chi connectivity index (χ2n) is 16.6. The fourth-order valence-corrected chi connectivity index (χ4v) is 9.82. The van der Waals surface area contributed by atoms with Crippen LogP contribution in [0.15, 0.2) is 79.1 Å². The minimum atomic E-state index is -0.965. The van der Waals surface area contributed by atoms with E-state index in [2.05, 4.69) is 83.5 Å². The monoisotopic (exact) mass is 777 g/mol. The van der Waals surface area contributed by atoms with E-state index in [1.165, 1.54) is 23.7 Å². The van der Waals surface area contributed by atoms with Crippen LogP contribution in [0.4, 0.5) is 23.0 Å². The molecule has 4 amide bonds. The van der Waals surface area contributed by atoms with Crippen molar-refractivity contribution in [2.75, 3.05) is 61.5 Å². The average molecular weight is 778 g/mol. The molecule has 2 N–H and O–H groups in total. The highest BCUT2D eigenvalue weighted by atomic mass is 16.5. The lowest BCUT2D eigenvalue weighted by Crippen LogP contribution is -2.59. The van der Waals surface area contributed by atoms with Crippen molar-refractivity contribution in [2.24, 2.45) is 11.8 Å². The Balaban J connectivity index is 0.712. The molecule has 1 saturated carbocycles. The molecule has 4 saturated heterocycles. The van der Waals surface area contributed by atoms with E-state index in [-0.39, 0.29) is 18.7 Å². The van der Waals surface area contributed by atoms with Gasteiger partial charge in [0.2, 0.25) is 17.8 Å². The van der Waals surface area contributed by atoms with Crippen LogP contribution >= 0.6 is 0 Å². The number of hydrogen-bond donors (Lipinski definition) is 2. The van der Waals surface area contributed by atoms with Crippen LogP contribution in [0.25, 0.3) is 22.2 Å². The predicted molar refractivity (Wildman–Crippen MR) is 217 cm³/mol.